The number of hydrogen-bond acceptors (Lipinski definition) is 2. The van der Waals surface area contributed by atoms with E-state index >= 15 is 0 Å². The predicted molar refractivity (Wildman–Crippen MR) is 50.8 cm³/mol. The van der Waals surface area contributed by atoms with E-state index in [0.717, 1.165) is 6.29 Å². The van der Waals surface area contributed by atoms with E-state index in [0.29, 0.717) is 11.1 Å². The van der Waals surface area contributed by atoms with E-state index in [4.69, 9.17) is 5.26 Å². The lowest BCUT2D eigenvalue weighted by atomic mass is 10.1. The fourth-order valence-corrected chi connectivity index (χ4v) is 0.992. The lowest BCUT2D eigenvalue weighted by molar-refractivity contribution is -0.107. The molecule has 0 aliphatic carbocycles. The number of carbonyl (C=O) groups excluding carboxylic acids is 1. The smallest absolute Gasteiger partial charge is 0.130 e. The summed E-state index contributed by atoms with van der Waals surface area (Å²) in [6.45, 7) is 0. The molecule has 0 saturated carbocycles. The Morgan fingerprint density at radius 1 is 1.50 bits per heavy atom. The van der Waals surface area contributed by atoms with Gasteiger partial charge in [0, 0.05) is 12.0 Å². The molecule has 1 aromatic rings. The third-order valence-electron chi connectivity index (χ3n) is 1.65. The maximum Gasteiger partial charge on any atom is 0.130 e. The van der Waals surface area contributed by atoms with Crippen molar-refractivity contribution in [3.63, 3.8) is 0 Å². The van der Waals surface area contributed by atoms with Gasteiger partial charge in [-0.3, -0.25) is 0 Å². The predicted octanol–water partition coefficient (Wildman–Crippen LogP) is 2.30. The van der Waals surface area contributed by atoms with Crippen molar-refractivity contribution in [2.45, 2.75) is 6.42 Å². The Hall–Kier alpha value is -1.95. The zero-order valence-electron chi connectivity index (χ0n) is 7.40. The van der Waals surface area contributed by atoms with Gasteiger partial charge in [-0.1, -0.05) is 12.2 Å². The maximum atomic E-state index is 13.1. The van der Waals surface area contributed by atoms with Gasteiger partial charge in [0.2, 0.25) is 0 Å². The summed E-state index contributed by atoms with van der Waals surface area (Å²) in [5.41, 5.74) is 0.725. The average Bonchev–Trinajstić information content (AvgIpc) is 2.21. The highest BCUT2D eigenvalue weighted by Gasteiger charge is 1.99. The maximum absolute atomic E-state index is 13.1. The van der Waals surface area contributed by atoms with Crippen LogP contribution in [0.1, 0.15) is 17.5 Å². The van der Waals surface area contributed by atoms with Crippen molar-refractivity contribution in [3.8, 4) is 6.07 Å². The van der Waals surface area contributed by atoms with E-state index in [1.54, 1.807) is 6.08 Å². The van der Waals surface area contributed by atoms with Gasteiger partial charge in [0.15, 0.2) is 0 Å². The summed E-state index contributed by atoms with van der Waals surface area (Å²) in [5, 5.41) is 8.57. The van der Waals surface area contributed by atoms with E-state index in [1.165, 1.54) is 24.3 Å². The first kappa shape index (κ1) is 10.1. The van der Waals surface area contributed by atoms with Crippen LogP contribution in [0, 0.1) is 17.1 Å². The number of hydrogen-bond donors (Lipinski definition) is 0. The molecular weight excluding hydrogens is 181 g/mol. The second-order valence-corrected chi connectivity index (χ2v) is 2.65. The first-order valence-corrected chi connectivity index (χ1v) is 4.07. The van der Waals surface area contributed by atoms with Gasteiger partial charge in [-0.25, -0.2) is 4.39 Å². The summed E-state index contributed by atoms with van der Waals surface area (Å²) in [6.07, 6.45) is 4.01. The largest absolute Gasteiger partial charge is 0.303 e. The summed E-state index contributed by atoms with van der Waals surface area (Å²) in [4.78, 5) is 10.0. The summed E-state index contributed by atoms with van der Waals surface area (Å²) < 4.78 is 13.1. The monoisotopic (exact) mass is 189 g/mol. The molecule has 70 valence electrons. The van der Waals surface area contributed by atoms with Crippen LogP contribution in [0.15, 0.2) is 24.3 Å². The van der Waals surface area contributed by atoms with Gasteiger partial charge in [-0.15, -0.1) is 0 Å². The van der Waals surface area contributed by atoms with Crippen molar-refractivity contribution >= 4 is 12.4 Å². The summed E-state index contributed by atoms with van der Waals surface area (Å²) in [7, 11) is 0. The molecule has 0 fully saturated rings. The molecule has 0 unspecified atom stereocenters. The van der Waals surface area contributed by atoms with Gasteiger partial charge in [0.1, 0.15) is 12.1 Å². The van der Waals surface area contributed by atoms with E-state index in [1.807, 2.05) is 6.07 Å². The van der Waals surface area contributed by atoms with E-state index < -0.39 is 5.82 Å². The topological polar surface area (TPSA) is 40.9 Å². The number of nitrogens with zero attached hydrogens (tertiary/aromatic N) is 1. The van der Waals surface area contributed by atoms with Crippen molar-refractivity contribution < 1.29 is 9.18 Å². The quantitative estimate of drug-likeness (QED) is 0.684. The molecule has 0 aromatic heterocycles. The Balaban J connectivity index is 2.96. The van der Waals surface area contributed by atoms with E-state index in [9.17, 15) is 9.18 Å². The van der Waals surface area contributed by atoms with Crippen LogP contribution in [0.4, 0.5) is 4.39 Å². The van der Waals surface area contributed by atoms with Crippen molar-refractivity contribution in [2.24, 2.45) is 0 Å². The SMILES string of the molecule is N#Cc1ccc(F)c(C=CCC=O)c1. The first-order chi connectivity index (χ1) is 6.77. The normalized spacial score (nSPS) is 10.0. The second kappa shape index (κ2) is 4.93. The zero-order valence-corrected chi connectivity index (χ0v) is 7.40. The number of carbonyl (C=O) groups is 1. The lowest BCUT2D eigenvalue weighted by Gasteiger charge is -1.96. The third-order valence-corrected chi connectivity index (χ3v) is 1.65. The Bertz CT molecular complexity index is 404. The molecule has 0 aliphatic rings. The van der Waals surface area contributed by atoms with Crippen molar-refractivity contribution in [1.82, 2.24) is 0 Å². The Kier molecular flexibility index (Phi) is 3.57. The molecule has 14 heavy (non-hydrogen) atoms. The molecule has 0 N–H and O–H groups in total. The summed E-state index contributed by atoms with van der Waals surface area (Å²) in [6, 6.07) is 6.00. The fraction of sp³-hybridized carbons (Fsp3) is 0.0909. The molecule has 0 radical (unpaired) electrons. The number of halogens is 1. The van der Waals surface area contributed by atoms with Crippen LogP contribution < -0.4 is 0 Å². The fourth-order valence-electron chi connectivity index (χ4n) is 0.992. The molecule has 0 bridgehead atoms. The van der Waals surface area contributed by atoms with Crippen molar-refractivity contribution in [3.05, 3.63) is 41.2 Å². The van der Waals surface area contributed by atoms with Gasteiger partial charge in [0.25, 0.3) is 0 Å². The Labute approximate surface area is 81.3 Å². The summed E-state index contributed by atoms with van der Waals surface area (Å²) in [5.74, 6) is -0.397. The molecule has 0 amide bonds. The molecular formula is C11H8FNO. The minimum Gasteiger partial charge on any atom is -0.303 e. The Morgan fingerprint density at radius 2 is 2.29 bits per heavy atom. The van der Waals surface area contributed by atoms with Crippen LogP contribution in [0.5, 0.6) is 0 Å². The standard InChI is InChI=1S/C11H8FNO/c12-11-5-4-9(8-13)7-10(11)3-1-2-6-14/h1,3-7H,2H2. The number of rotatable bonds is 3. The zero-order chi connectivity index (χ0) is 10.4. The highest BCUT2D eigenvalue weighted by Crippen LogP contribution is 2.11. The van der Waals surface area contributed by atoms with Gasteiger partial charge < -0.3 is 4.79 Å². The molecule has 0 spiro atoms. The molecule has 0 aliphatic heterocycles. The van der Waals surface area contributed by atoms with Gasteiger partial charge in [-0.2, -0.15) is 5.26 Å². The highest BCUT2D eigenvalue weighted by atomic mass is 19.1. The minimum atomic E-state index is -0.397. The van der Waals surface area contributed by atoms with Gasteiger partial charge >= 0.3 is 0 Å². The van der Waals surface area contributed by atoms with Crippen LogP contribution in [0.3, 0.4) is 0 Å². The van der Waals surface area contributed by atoms with Crippen LogP contribution in [-0.2, 0) is 4.79 Å². The van der Waals surface area contributed by atoms with Crippen LogP contribution >= 0.6 is 0 Å². The number of benzene rings is 1. The van der Waals surface area contributed by atoms with Crippen LogP contribution in [0.25, 0.3) is 6.08 Å². The average molecular weight is 189 g/mol. The van der Waals surface area contributed by atoms with Crippen molar-refractivity contribution in [1.29, 1.82) is 5.26 Å². The molecule has 2 nitrogen and oxygen atoms in total. The van der Waals surface area contributed by atoms with Crippen LogP contribution in [0.2, 0.25) is 0 Å². The molecule has 0 saturated heterocycles. The molecule has 1 aromatic carbocycles. The van der Waals surface area contributed by atoms with E-state index in [-0.39, 0.29) is 6.42 Å². The van der Waals surface area contributed by atoms with Gasteiger partial charge in [-0.05, 0) is 18.2 Å². The number of aldehydes is 1. The highest BCUT2D eigenvalue weighted by molar-refractivity contribution is 5.59. The summed E-state index contributed by atoms with van der Waals surface area (Å²) >= 11 is 0. The molecule has 0 atom stereocenters. The van der Waals surface area contributed by atoms with Gasteiger partial charge in [0.05, 0.1) is 11.6 Å². The van der Waals surface area contributed by atoms with Crippen LogP contribution in [-0.4, -0.2) is 6.29 Å². The second-order valence-electron chi connectivity index (χ2n) is 2.65. The van der Waals surface area contributed by atoms with Crippen molar-refractivity contribution in [2.75, 3.05) is 0 Å². The number of nitriles is 1. The van der Waals surface area contributed by atoms with E-state index in [2.05, 4.69) is 0 Å². The third kappa shape index (κ3) is 2.53. The molecule has 3 heteroatoms. The minimum absolute atomic E-state index is 0.246. The lowest BCUT2D eigenvalue weighted by Crippen LogP contribution is -1.83. The molecule has 0 heterocycles. The number of allylic oxidation sites excluding steroid dienone is 1. The molecule has 1 rings (SSSR count). The first-order valence-electron chi connectivity index (χ1n) is 4.07. The Morgan fingerprint density at radius 3 is 2.93 bits per heavy atom.